The van der Waals surface area contributed by atoms with Crippen molar-refractivity contribution in [3.8, 4) is 22.8 Å². The third kappa shape index (κ3) is 4.74. The first-order chi connectivity index (χ1) is 16.7. The van der Waals surface area contributed by atoms with Gasteiger partial charge in [-0.3, -0.25) is 9.78 Å². The molecule has 34 heavy (non-hydrogen) atoms. The van der Waals surface area contributed by atoms with Crippen LogP contribution in [0, 0.1) is 0 Å². The molecule has 5 rings (SSSR count). The predicted molar refractivity (Wildman–Crippen MR) is 131 cm³/mol. The van der Waals surface area contributed by atoms with Crippen molar-refractivity contribution in [2.45, 2.75) is 11.4 Å². The van der Waals surface area contributed by atoms with Gasteiger partial charge in [0.25, 0.3) is 5.91 Å². The summed E-state index contributed by atoms with van der Waals surface area (Å²) in [6.07, 6.45) is 11.0. The molecular formula is C25H21N7OS. The zero-order chi connectivity index (χ0) is 23.3. The number of benzene rings is 1. The van der Waals surface area contributed by atoms with Crippen LogP contribution in [-0.2, 0) is 6.54 Å². The summed E-state index contributed by atoms with van der Waals surface area (Å²) in [5.74, 6) is 0.285. The van der Waals surface area contributed by atoms with Crippen molar-refractivity contribution < 1.29 is 4.79 Å². The van der Waals surface area contributed by atoms with Crippen LogP contribution < -0.4 is 5.32 Å². The van der Waals surface area contributed by atoms with Gasteiger partial charge in [-0.15, -0.1) is 11.8 Å². The van der Waals surface area contributed by atoms with Crippen LogP contribution in [0.3, 0.4) is 0 Å². The summed E-state index contributed by atoms with van der Waals surface area (Å²) in [6, 6.07) is 19.1. The van der Waals surface area contributed by atoms with Gasteiger partial charge in [0.1, 0.15) is 5.69 Å². The van der Waals surface area contributed by atoms with Gasteiger partial charge >= 0.3 is 0 Å². The van der Waals surface area contributed by atoms with Crippen molar-refractivity contribution in [3.63, 3.8) is 0 Å². The number of thioether (sulfide) groups is 1. The van der Waals surface area contributed by atoms with Gasteiger partial charge in [-0.25, -0.2) is 14.3 Å². The lowest BCUT2D eigenvalue weighted by atomic mass is 10.2. The molecule has 1 N–H and O–H groups in total. The Morgan fingerprint density at radius 1 is 0.941 bits per heavy atom. The van der Waals surface area contributed by atoms with E-state index in [0.29, 0.717) is 18.1 Å². The van der Waals surface area contributed by atoms with Crippen LogP contribution >= 0.6 is 11.8 Å². The van der Waals surface area contributed by atoms with Gasteiger partial charge in [-0.1, -0.05) is 12.1 Å². The molecule has 0 fully saturated rings. The molecule has 0 aliphatic carbocycles. The molecular weight excluding hydrogens is 446 g/mol. The number of pyridine rings is 2. The highest BCUT2D eigenvalue weighted by atomic mass is 32.2. The molecule has 0 atom stereocenters. The van der Waals surface area contributed by atoms with Crippen molar-refractivity contribution in [2.24, 2.45) is 0 Å². The topological polar surface area (TPSA) is 90.5 Å². The molecule has 1 aromatic carbocycles. The second kappa shape index (κ2) is 9.72. The molecule has 0 spiro atoms. The molecule has 4 aromatic heterocycles. The molecule has 4 heterocycles. The van der Waals surface area contributed by atoms with E-state index in [1.165, 1.54) is 4.90 Å². The second-order valence-corrected chi connectivity index (χ2v) is 8.32. The maximum absolute atomic E-state index is 12.7. The first-order valence-electron chi connectivity index (χ1n) is 10.6. The first-order valence-corrected chi connectivity index (χ1v) is 11.8. The maximum Gasteiger partial charge on any atom is 0.270 e. The monoisotopic (exact) mass is 467 g/mol. The number of nitrogens with zero attached hydrogens (tertiary/aromatic N) is 6. The smallest absolute Gasteiger partial charge is 0.270 e. The van der Waals surface area contributed by atoms with Gasteiger partial charge < -0.3 is 5.32 Å². The fourth-order valence-corrected chi connectivity index (χ4v) is 3.80. The Morgan fingerprint density at radius 3 is 2.59 bits per heavy atom. The average molecular weight is 468 g/mol. The van der Waals surface area contributed by atoms with E-state index in [0.717, 1.165) is 22.5 Å². The van der Waals surface area contributed by atoms with Gasteiger partial charge in [0.05, 0.1) is 23.8 Å². The molecule has 0 saturated heterocycles. The molecule has 9 heteroatoms. The Kier molecular flexibility index (Phi) is 6.17. The first kappa shape index (κ1) is 21.6. The minimum absolute atomic E-state index is 0.268. The lowest BCUT2D eigenvalue weighted by Gasteiger charge is -2.06. The minimum Gasteiger partial charge on any atom is -0.347 e. The van der Waals surface area contributed by atoms with E-state index in [-0.39, 0.29) is 5.91 Å². The zero-order valence-corrected chi connectivity index (χ0v) is 19.2. The Balaban J connectivity index is 1.25. The molecule has 1 amide bonds. The normalized spacial score (nSPS) is 10.9. The SMILES string of the molecule is CSc1ccc(-n2cc(CNC(=O)c3cccc(-n4cc(-c5ccccn5)cn4)n3)cn2)cc1. The lowest BCUT2D eigenvalue weighted by Crippen LogP contribution is -2.24. The number of carbonyl (C=O) groups is 1. The summed E-state index contributed by atoms with van der Waals surface area (Å²) in [5, 5.41) is 11.7. The second-order valence-electron chi connectivity index (χ2n) is 7.44. The zero-order valence-electron chi connectivity index (χ0n) is 18.4. The van der Waals surface area contributed by atoms with Crippen LogP contribution in [0.25, 0.3) is 22.8 Å². The summed E-state index contributed by atoms with van der Waals surface area (Å²) in [6.45, 7) is 0.346. The van der Waals surface area contributed by atoms with Gasteiger partial charge in [0.15, 0.2) is 5.82 Å². The number of hydrogen-bond donors (Lipinski definition) is 1. The number of aromatic nitrogens is 6. The van der Waals surface area contributed by atoms with Gasteiger partial charge in [0.2, 0.25) is 0 Å². The van der Waals surface area contributed by atoms with E-state index >= 15 is 0 Å². The minimum atomic E-state index is -0.268. The van der Waals surface area contributed by atoms with Crippen LogP contribution in [0.4, 0.5) is 0 Å². The van der Waals surface area contributed by atoms with Crippen molar-refractivity contribution >= 4 is 17.7 Å². The summed E-state index contributed by atoms with van der Waals surface area (Å²) in [5.41, 5.74) is 3.87. The van der Waals surface area contributed by atoms with Gasteiger partial charge in [-0.2, -0.15) is 10.2 Å². The molecule has 168 valence electrons. The van der Waals surface area contributed by atoms with E-state index in [9.17, 15) is 4.79 Å². The Morgan fingerprint density at radius 2 is 1.79 bits per heavy atom. The number of nitrogens with one attached hydrogen (secondary N) is 1. The van der Waals surface area contributed by atoms with Crippen molar-refractivity contribution in [1.29, 1.82) is 0 Å². The van der Waals surface area contributed by atoms with E-state index in [1.54, 1.807) is 57.9 Å². The predicted octanol–water partition coefficient (Wildman–Crippen LogP) is 4.17. The van der Waals surface area contributed by atoms with Gasteiger partial charge in [-0.05, 0) is 54.8 Å². The van der Waals surface area contributed by atoms with E-state index in [2.05, 4.69) is 37.6 Å². The molecule has 0 bridgehead atoms. The standard InChI is InChI=1S/C25H21N7OS/c1-34-21-10-8-20(9-11-21)31-16-18(14-28-31)13-27-25(33)23-6-4-7-24(30-23)32-17-19(15-29-32)22-5-2-3-12-26-22/h2-12,14-17H,13H2,1H3,(H,27,33). The molecule has 0 unspecified atom stereocenters. The number of carbonyl (C=O) groups excluding carboxylic acids is 1. The third-order valence-electron chi connectivity index (χ3n) is 5.17. The fourth-order valence-electron chi connectivity index (χ4n) is 3.39. The number of amides is 1. The summed E-state index contributed by atoms with van der Waals surface area (Å²) >= 11 is 1.70. The molecule has 0 aliphatic rings. The number of rotatable bonds is 7. The Labute approximate surface area is 200 Å². The lowest BCUT2D eigenvalue weighted by molar-refractivity contribution is 0.0946. The van der Waals surface area contributed by atoms with E-state index < -0.39 is 0 Å². The number of hydrogen-bond acceptors (Lipinski definition) is 6. The molecule has 0 radical (unpaired) electrons. The average Bonchev–Trinajstić information content (AvgIpc) is 3.58. The summed E-state index contributed by atoms with van der Waals surface area (Å²) in [7, 11) is 0. The van der Waals surface area contributed by atoms with Crippen molar-refractivity contribution in [3.05, 3.63) is 103 Å². The van der Waals surface area contributed by atoms with Crippen molar-refractivity contribution in [1.82, 2.24) is 34.8 Å². The van der Waals surface area contributed by atoms with Crippen LogP contribution in [0.1, 0.15) is 16.1 Å². The van der Waals surface area contributed by atoms with Gasteiger partial charge in [0, 0.05) is 41.2 Å². The quantitative estimate of drug-likeness (QED) is 0.361. The van der Waals surface area contributed by atoms with Crippen molar-refractivity contribution in [2.75, 3.05) is 6.26 Å². The molecule has 5 aromatic rings. The Bertz CT molecular complexity index is 1410. The molecule has 0 saturated carbocycles. The van der Waals surface area contributed by atoms with Crippen LogP contribution in [0.2, 0.25) is 0 Å². The largest absolute Gasteiger partial charge is 0.347 e. The summed E-state index contributed by atoms with van der Waals surface area (Å²) in [4.78, 5) is 22.7. The molecule has 0 aliphatic heterocycles. The highest BCUT2D eigenvalue weighted by molar-refractivity contribution is 7.98. The van der Waals surface area contributed by atoms with Crippen LogP contribution in [-0.4, -0.2) is 41.7 Å². The molecule has 8 nitrogen and oxygen atoms in total. The highest BCUT2D eigenvalue weighted by Gasteiger charge is 2.11. The Hall–Kier alpha value is -4.24. The third-order valence-corrected chi connectivity index (χ3v) is 5.91. The van der Waals surface area contributed by atoms with Crippen LogP contribution in [0.5, 0.6) is 0 Å². The fraction of sp³-hybridized carbons (Fsp3) is 0.0800. The van der Waals surface area contributed by atoms with Crippen LogP contribution in [0.15, 0.2) is 96.5 Å². The van der Waals surface area contributed by atoms with E-state index in [4.69, 9.17) is 0 Å². The maximum atomic E-state index is 12.7. The summed E-state index contributed by atoms with van der Waals surface area (Å²) < 4.78 is 3.43. The highest BCUT2D eigenvalue weighted by Crippen LogP contribution is 2.18. The van der Waals surface area contributed by atoms with E-state index in [1.807, 2.05) is 49.0 Å².